The van der Waals surface area contributed by atoms with Crippen molar-refractivity contribution in [3.8, 4) is 11.1 Å². The normalized spacial score (nSPS) is 16.3. The molecule has 4 aromatic carbocycles. The molecule has 4 aromatic rings. The number of esters is 1. The Bertz CT molecular complexity index is 1480. The van der Waals surface area contributed by atoms with Gasteiger partial charge in [0.2, 0.25) is 5.91 Å². The molecule has 204 valence electrons. The molecule has 0 spiro atoms. The highest BCUT2D eigenvalue weighted by atomic mass is 16.5. The van der Waals surface area contributed by atoms with Crippen LogP contribution in [0.4, 0.5) is 0 Å². The van der Waals surface area contributed by atoms with E-state index >= 15 is 0 Å². The van der Waals surface area contributed by atoms with Gasteiger partial charge >= 0.3 is 5.97 Å². The lowest BCUT2D eigenvalue weighted by Crippen LogP contribution is -2.45. The van der Waals surface area contributed by atoms with E-state index in [2.05, 4.69) is 79.4 Å². The topological polar surface area (TPSA) is 46.6 Å². The number of aryl methyl sites for hydroxylation is 1. The molecule has 5 rings (SSSR count). The predicted octanol–water partition coefficient (Wildman–Crippen LogP) is 7.47. The highest BCUT2D eigenvalue weighted by molar-refractivity contribution is 5.91. The molecule has 1 amide bonds. The van der Waals surface area contributed by atoms with Crippen LogP contribution in [0.5, 0.6) is 0 Å². The lowest BCUT2D eigenvalue weighted by Gasteiger charge is -2.43. The van der Waals surface area contributed by atoms with Crippen molar-refractivity contribution >= 4 is 11.9 Å². The number of hydrogen-bond donors (Lipinski definition) is 0. The number of carbonyl (C=O) groups is 2. The van der Waals surface area contributed by atoms with Gasteiger partial charge < -0.3 is 9.64 Å². The molecule has 40 heavy (non-hydrogen) atoms. The third kappa shape index (κ3) is 6.02. The Morgan fingerprint density at radius 1 is 0.825 bits per heavy atom. The molecule has 4 heteroatoms. The van der Waals surface area contributed by atoms with E-state index in [1.54, 1.807) is 6.07 Å². The van der Waals surface area contributed by atoms with Crippen LogP contribution >= 0.6 is 0 Å². The highest BCUT2D eigenvalue weighted by Gasteiger charge is 2.37. The van der Waals surface area contributed by atoms with Crippen LogP contribution in [0.2, 0.25) is 0 Å². The molecule has 2 atom stereocenters. The Morgan fingerprint density at radius 2 is 1.50 bits per heavy atom. The molecular formula is C36H37NO3. The summed E-state index contributed by atoms with van der Waals surface area (Å²) in [5.41, 5.74) is 7.30. The minimum atomic E-state index is -0.362. The minimum absolute atomic E-state index is 0.0255. The number of nitrogens with zero attached hydrogens (tertiary/aromatic N) is 1. The van der Waals surface area contributed by atoms with Crippen molar-refractivity contribution in [2.45, 2.75) is 51.6 Å². The highest BCUT2D eigenvalue weighted by Crippen LogP contribution is 2.41. The zero-order chi connectivity index (χ0) is 28.1. The van der Waals surface area contributed by atoms with Gasteiger partial charge in [-0.25, -0.2) is 4.79 Å². The second-order valence-corrected chi connectivity index (χ2v) is 11.0. The summed E-state index contributed by atoms with van der Waals surface area (Å²) in [6, 6.07) is 34.8. The van der Waals surface area contributed by atoms with E-state index in [1.165, 1.54) is 23.8 Å². The first-order chi connectivity index (χ1) is 19.4. The first-order valence-electron chi connectivity index (χ1n) is 14.1. The van der Waals surface area contributed by atoms with Crippen molar-refractivity contribution in [1.29, 1.82) is 0 Å². The van der Waals surface area contributed by atoms with Gasteiger partial charge in [0.1, 0.15) is 0 Å². The van der Waals surface area contributed by atoms with Crippen LogP contribution in [0.15, 0.2) is 103 Å². The molecule has 1 aliphatic carbocycles. The Morgan fingerprint density at radius 3 is 2.25 bits per heavy atom. The van der Waals surface area contributed by atoms with E-state index in [4.69, 9.17) is 4.74 Å². The van der Waals surface area contributed by atoms with Crippen LogP contribution < -0.4 is 0 Å². The van der Waals surface area contributed by atoms with Gasteiger partial charge in [-0.05, 0) is 84.5 Å². The summed E-state index contributed by atoms with van der Waals surface area (Å²) < 4.78 is 4.89. The maximum absolute atomic E-state index is 14.2. The molecule has 0 aliphatic heterocycles. The second kappa shape index (κ2) is 12.3. The van der Waals surface area contributed by atoms with Crippen molar-refractivity contribution in [2.24, 2.45) is 5.92 Å². The molecule has 0 saturated carbocycles. The van der Waals surface area contributed by atoms with Gasteiger partial charge in [0, 0.05) is 6.04 Å². The van der Waals surface area contributed by atoms with Gasteiger partial charge in [-0.3, -0.25) is 4.79 Å². The average molecular weight is 532 g/mol. The largest absolute Gasteiger partial charge is 0.465 e. The monoisotopic (exact) mass is 531 g/mol. The molecule has 1 aliphatic rings. The Labute approximate surface area is 237 Å². The van der Waals surface area contributed by atoms with Gasteiger partial charge in [0.15, 0.2) is 0 Å². The standard InChI is InChI=1S/C36H37NO3/c1-25(2)37(35-31(21-26-11-5-4-6-12-26)20-19-28-14-7-8-18-33(28)35)34(38)23-27-13-9-15-29(22-27)30-16-10-17-32(24-30)36(39)40-3/h4-18,22,24-25,31,35H,19-21,23H2,1-3H3. The van der Waals surface area contributed by atoms with E-state index in [1.807, 2.05) is 36.4 Å². The summed E-state index contributed by atoms with van der Waals surface area (Å²) in [5, 5.41) is 0. The summed E-state index contributed by atoms with van der Waals surface area (Å²) in [6.07, 6.45) is 3.36. The van der Waals surface area contributed by atoms with Gasteiger partial charge in [0.25, 0.3) is 0 Å². The van der Waals surface area contributed by atoms with Crippen molar-refractivity contribution in [2.75, 3.05) is 7.11 Å². The van der Waals surface area contributed by atoms with E-state index in [9.17, 15) is 9.59 Å². The Balaban J connectivity index is 1.44. The maximum atomic E-state index is 14.2. The summed E-state index contributed by atoms with van der Waals surface area (Å²) in [4.78, 5) is 28.3. The third-order valence-corrected chi connectivity index (χ3v) is 7.99. The summed E-state index contributed by atoms with van der Waals surface area (Å²) in [5.74, 6) is 0.116. The van der Waals surface area contributed by atoms with Gasteiger partial charge in [0.05, 0.1) is 25.1 Å². The van der Waals surface area contributed by atoms with Crippen LogP contribution in [0.3, 0.4) is 0 Å². The summed E-state index contributed by atoms with van der Waals surface area (Å²) >= 11 is 0. The fraction of sp³-hybridized carbons (Fsp3) is 0.278. The Hall–Kier alpha value is -4.18. The summed E-state index contributed by atoms with van der Waals surface area (Å²) in [6.45, 7) is 4.26. The van der Waals surface area contributed by atoms with Crippen LogP contribution in [0, 0.1) is 5.92 Å². The van der Waals surface area contributed by atoms with Crippen LogP contribution in [0.25, 0.3) is 11.1 Å². The van der Waals surface area contributed by atoms with E-state index in [-0.39, 0.29) is 24.0 Å². The lowest BCUT2D eigenvalue weighted by molar-refractivity contribution is -0.136. The second-order valence-electron chi connectivity index (χ2n) is 11.0. The van der Waals surface area contributed by atoms with Crippen molar-refractivity contribution < 1.29 is 14.3 Å². The van der Waals surface area contributed by atoms with Gasteiger partial charge in [-0.2, -0.15) is 0 Å². The molecule has 0 aromatic heterocycles. The van der Waals surface area contributed by atoms with Crippen LogP contribution in [-0.2, 0) is 28.8 Å². The first kappa shape index (κ1) is 27.4. The number of hydrogen-bond acceptors (Lipinski definition) is 3. The number of methoxy groups -OCH3 is 1. The van der Waals surface area contributed by atoms with Crippen LogP contribution in [-0.4, -0.2) is 29.9 Å². The number of rotatable bonds is 8. The molecule has 0 N–H and O–H groups in total. The molecule has 0 bridgehead atoms. The molecule has 2 unspecified atom stereocenters. The van der Waals surface area contributed by atoms with Gasteiger partial charge in [-0.1, -0.05) is 91.0 Å². The minimum Gasteiger partial charge on any atom is -0.465 e. The molecule has 0 fully saturated rings. The van der Waals surface area contributed by atoms with E-state index in [0.29, 0.717) is 17.9 Å². The number of amides is 1. The van der Waals surface area contributed by atoms with Crippen LogP contribution in [0.1, 0.15) is 58.9 Å². The number of ether oxygens (including phenoxy) is 1. The van der Waals surface area contributed by atoms with Crippen molar-refractivity contribution in [3.05, 3.63) is 131 Å². The van der Waals surface area contributed by atoms with Crippen molar-refractivity contribution in [1.82, 2.24) is 4.90 Å². The van der Waals surface area contributed by atoms with E-state index < -0.39 is 0 Å². The number of fused-ring (bicyclic) bond motifs is 1. The maximum Gasteiger partial charge on any atom is 0.337 e. The van der Waals surface area contributed by atoms with Crippen molar-refractivity contribution in [3.63, 3.8) is 0 Å². The van der Waals surface area contributed by atoms with E-state index in [0.717, 1.165) is 36.0 Å². The average Bonchev–Trinajstić information content (AvgIpc) is 2.98. The molecule has 4 nitrogen and oxygen atoms in total. The quantitative estimate of drug-likeness (QED) is 0.222. The lowest BCUT2D eigenvalue weighted by atomic mass is 9.75. The molecule has 0 saturated heterocycles. The fourth-order valence-electron chi connectivity index (χ4n) is 6.15. The zero-order valence-corrected chi connectivity index (χ0v) is 23.5. The molecule has 0 heterocycles. The summed E-state index contributed by atoms with van der Waals surface area (Å²) in [7, 11) is 1.39. The van der Waals surface area contributed by atoms with Gasteiger partial charge in [-0.15, -0.1) is 0 Å². The SMILES string of the molecule is COC(=O)c1cccc(-c2cccc(CC(=O)N(C(C)C)C3c4ccccc4CCC3Cc3ccccc3)c2)c1. The molecule has 0 radical (unpaired) electrons. The first-order valence-corrected chi connectivity index (χ1v) is 14.1. The third-order valence-electron chi connectivity index (χ3n) is 7.99. The number of carbonyl (C=O) groups excluding carboxylic acids is 2. The smallest absolute Gasteiger partial charge is 0.337 e. The fourth-order valence-corrected chi connectivity index (χ4v) is 6.15. The predicted molar refractivity (Wildman–Crippen MR) is 160 cm³/mol. The number of benzene rings is 4. The zero-order valence-electron chi connectivity index (χ0n) is 23.5. The Kier molecular flexibility index (Phi) is 8.45. The molecular weight excluding hydrogens is 494 g/mol.